The minimum absolute atomic E-state index is 0.0540. The van der Waals surface area contributed by atoms with E-state index in [0.717, 1.165) is 12.8 Å². The van der Waals surface area contributed by atoms with Crippen molar-refractivity contribution in [3.63, 3.8) is 0 Å². The summed E-state index contributed by atoms with van der Waals surface area (Å²) in [6.07, 6.45) is -2.79. The lowest BCUT2D eigenvalue weighted by Gasteiger charge is -2.62. The fraction of sp³-hybridized carbons (Fsp3) is 1.00. The molecule has 138 valence electrons. The summed E-state index contributed by atoms with van der Waals surface area (Å²) >= 11 is 2.87. The highest BCUT2D eigenvalue weighted by atomic mass is 79.9. The molecule has 2 bridgehead atoms. The maximum atomic E-state index is 13.8. The molecule has 1 saturated carbocycles. The third kappa shape index (κ3) is 2.06. The molecule has 0 radical (unpaired) electrons. The molecule has 0 aromatic rings. The lowest BCUT2D eigenvalue weighted by molar-refractivity contribution is -0.577. The first-order valence-corrected chi connectivity index (χ1v) is 9.31. The standard InChI is InChI=1S/C16H22BrF3O4/c1-8-4-5-11-9(2)15(17,16(18,19)20)22-12-14(11)10(8)6-7-13(3,21-12)23-24-14/h8-12H,4-7H2,1-3H3/t8-,9-,10+,11+,12?,13+,14-,15-/m1/s1. The van der Waals surface area contributed by atoms with Crippen LogP contribution in [-0.2, 0) is 19.2 Å². The van der Waals surface area contributed by atoms with E-state index in [2.05, 4.69) is 22.9 Å². The number of rotatable bonds is 0. The van der Waals surface area contributed by atoms with Gasteiger partial charge in [-0.15, -0.1) is 0 Å². The second-order valence-electron chi connectivity index (χ2n) is 7.96. The second kappa shape index (κ2) is 5.09. The molecule has 1 aliphatic carbocycles. The molecular formula is C16H22BrF3O4. The van der Waals surface area contributed by atoms with Crippen molar-refractivity contribution in [3.8, 4) is 0 Å². The van der Waals surface area contributed by atoms with Crippen molar-refractivity contribution in [2.75, 3.05) is 0 Å². The zero-order valence-corrected chi connectivity index (χ0v) is 15.4. The number of ether oxygens (including phenoxy) is 2. The maximum absolute atomic E-state index is 13.8. The average molecular weight is 415 g/mol. The van der Waals surface area contributed by atoms with Gasteiger partial charge in [0.25, 0.3) is 0 Å². The Kier molecular flexibility index (Phi) is 3.72. The molecule has 0 aromatic heterocycles. The van der Waals surface area contributed by atoms with Gasteiger partial charge < -0.3 is 9.47 Å². The van der Waals surface area contributed by atoms with Crippen LogP contribution in [0.2, 0.25) is 0 Å². The van der Waals surface area contributed by atoms with Crippen molar-refractivity contribution in [2.45, 2.75) is 74.8 Å². The zero-order valence-electron chi connectivity index (χ0n) is 13.9. The topological polar surface area (TPSA) is 36.9 Å². The number of hydrogen-bond donors (Lipinski definition) is 0. The van der Waals surface area contributed by atoms with Crippen molar-refractivity contribution in [2.24, 2.45) is 23.7 Å². The number of alkyl halides is 4. The molecular weight excluding hydrogens is 393 g/mol. The van der Waals surface area contributed by atoms with Gasteiger partial charge in [-0.2, -0.15) is 13.2 Å². The van der Waals surface area contributed by atoms with Crippen LogP contribution in [0.4, 0.5) is 13.2 Å². The highest BCUT2D eigenvalue weighted by Crippen LogP contribution is 2.65. The van der Waals surface area contributed by atoms with E-state index in [0.29, 0.717) is 18.8 Å². The van der Waals surface area contributed by atoms with Crippen LogP contribution in [0.1, 0.15) is 46.5 Å². The van der Waals surface area contributed by atoms with E-state index in [9.17, 15) is 13.2 Å². The lowest BCUT2D eigenvalue weighted by atomic mass is 9.57. The molecule has 4 aliphatic heterocycles. The fourth-order valence-corrected chi connectivity index (χ4v) is 5.72. The molecule has 4 heterocycles. The Bertz CT molecular complexity index is 546. The number of halogens is 4. The van der Waals surface area contributed by atoms with Gasteiger partial charge in [0.1, 0.15) is 0 Å². The molecule has 0 aromatic carbocycles. The molecule has 24 heavy (non-hydrogen) atoms. The molecule has 5 rings (SSSR count). The van der Waals surface area contributed by atoms with Gasteiger partial charge in [-0.3, -0.25) is 0 Å². The van der Waals surface area contributed by atoms with Gasteiger partial charge >= 0.3 is 6.18 Å². The number of fused-ring (bicyclic) bond motifs is 2. The second-order valence-corrected chi connectivity index (χ2v) is 9.14. The van der Waals surface area contributed by atoms with Crippen LogP contribution < -0.4 is 0 Å². The molecule has 8 atom stereocenters. The van der Waals surface area contributed by atoms with Gasteiger partial charge in [0.05, 0.1) is 0 Å². The van der Waals surface area contributed by atoms with Crippen molar-refractivity contribution < 1.29 is 32.4 Å². The quantitative estimate of drug-likeness (QED) is 0.431. The summed E-state index contributed by atoms with van der Waals surface area (Å²) < 4.78 is 50.4. The van der Waals surface area contributed by atoms with Crippen LogP contribution in [0.15, 0.2) is 0 Å². The molecule has 5 fully saturated rings. The van der Waals surface area contributed by atoms with Crippen LogP contribution in [0.25, 0.3) is 0 Å². The van der Waals surface area contributed by atoms with E-state index >= 15 is 0 Å². The molecule has 5 aliphatic rings. The largest absolute Gasteiger partial charge is 0.427 e. The van der Waals surface area contributed by atoms with E-state index in [1.165, 1.54) is 0 Å². The summed E-state index contributed by atoms with van der Waals surface area (Å²) in [6.45, 7) is 5.40. The fourth-order valence-electron chi connectivity index (χ4n) is 5.23. The smallest absolute Gasteiger partial charge is 0.322 e. The zero-order chi connectivity index (χ0) is 17.5. The van der Waals surface area contributed by atoms with Crippen molar-refractivity contribution in [1.82, 2.24) is 0 Å². The Morgan fingerprint density at radius 1 is 1.00 bits per heavy atom. The number of hydrogen-bond acceptors (Lipinski definition) is 4. The molecule has 0 N–H and O–H groups in total. The van der Waals surface area contributed by atoms with Crippen molar-refractivity contribution >= 4 is 15.9 Å². The third-order valence-corrected chi connectivity index (χ3v) is 7.99. The molecule has 4 nitrogen and oxygen atoms in total. The summed E-state index contributed by atoms with van der Waals surface area (Å²) in [5.74, 6) is -1.88. The summed E-state index contributed by atoms with van der Waals surface area (Å²) in [5.41, 5.74) is -0.977. The molecule has 1 unspecified atom stereocenters. The van der Waals surface area contributed by atoms with E-state index in [4.69, 9.17) is 19.2 Å². The van der Waals surface area contributed by atoms with E-state index in [-0.39, 0.29) is 11.8 Å². The van der Waals surface area contributed by atoms with Crippen molar-refractivity contribution in [3.05, 3.63) is 0 Å². The Labute approximate surface area is 147 Å². The van der Waals surface area contributed by atoms with Gasteiger partial charge in [-0.25, -0.2) is 9.78 Å². The Balaban J connectivity index is 1.84. The van der Waals surface area contributed by atoms with E-state index in [1.54, 1.807) is 13.8 Å². The minimum atomic E-state index is -4.55. The van der Waals surface area contributed by atoms with Gasteiger partial charge in [0.15, 0.2) is 11.9 Å². The minimum Gasteiger partial charge on any atom is -0.322 e. The third-order valence-electron chi connectivity index (χ3n) is 6.63. The van der Waals surface area contributed by atoms with Crippen molar-refractivity contribution in [1.29, 1.82) is 0 Å². The predicted octanol–water partition coefficient (Wildman–Crippen LogP) is 4.52. The first-order valence-electron chi connectivity index (χ1n) is 8.51. The SMILES string of the molecule is C[C@@H]1CC[C@H]2[C@@H](C)[C@](Br)(C(F)(F)F)OC3O[C@]4(C)CC[C@@H]1[C@]32OO4. The summed E-state index contributed by atoms with van der Waals surface area (Å²) in [6, 6.07) is 0. The first-order chi connectivity index (χ1) is 11.0. The highest BCUT2D eigenvalue weighted by Gasteiger charge is 2.75. The van der Waals surface area contributed by atoms with Gasteiger partial charge in [0.2, 0.25) is 10.3 Å². The molecule has 1 spiro atoms. The van der Waals surface area contributed by atoms with Crippen LogP contribution in [0.5, 0.6) is 0 Å². The van der Waals surface area contributed by atoms with Gasteiger partial charge in [-0.05, 0) is 54.0 Å². The Morgan fingerprint density at radius 3 is 2.38 bits per heavy atom. The molecule has 0 amide bonds. The average Bonchev–Trinajstić information content (AvgIpc) is 2.70. The van der Waals surface area contributed by atoms with Gasteiger partial charge in [0, 0.05) is 18.3 Å². The Morgan fingerprint density at radius 2 is 1.71 bits per heavy atom. The van der Waals surface area contributed by atoms with Crippen LogP contribution in [-0.4, -0.2) is 28.4 Å². The van der Waals surface area contributed by atoms with E-state index < -0.39 is 34.3 Å². The first kappa shape index (κ1) is 17.5. The van der Waals surface area contributed by atoms with E-state index in [1.807, 2.05) is 0 Å². The summed E-state index contributed by atoms with van der Waals surface area (Å²) in [4.78, 5) is 11.4. The summed E-state index contributed by atoms with van der Waals surface area (Å²) in [5, 5.41) is 0. The molecule has 4 saturated heterocycles. The summed E-state index contributed by atoms with van der Waals surface area (Å²) in [7, 11) is 0. The maximum Gasteiger partial charge on any atom is 0.427 e. The van der Waals surface area contributed by atoms with Crippen LogP contribution >= 0.6 is 15.9 Å². The monoisotopic (exact) mass is 414 g/mol. The molecule has 8 heteroatoms. The Hall–Kier alpha value is 0.110. The van der Waals surface area contributed by atoms with Crippen LogP contribution in [0, 0.1) is 23.7 Å². The van der Waals surface area contributed by atoms with Crippen LogP contribution in [0.3, 0.4) is 0 Å². The van der Waals surface area contributed by atoms with Gasteiger partial charge in [-0.1, -0.05) is 13.8 Å². The highest BCUT2D eigenvalue weighted by molar-refractivity contribution is 9.10. The normalized spacial score (nSPS) is 57.4. The lowest BCUT2D eigenvalue weighted by Crippen LogP contribution is -2.74. The predicted molar refractivity (Wildman–Crippen MR) is 80.8 cm³/mol.